The lowest BCUT2D eigenvalue weighted by Gasteiger charge is -2.39. The summed E-state index contributed by atoms with van der Waals surface area (Å²) in [5.41, 5.74) is 3.78. The Hall–Kier alpha value is -3.46. The van der Waals surface area contributed by atoms with Crippen LogP contribution in [0.1, 0.15) is 86.3 Å². The van der Waals surface area contributed by atoms with Crippen LogP contribution in [0.2, 0.25) is 0 Å². The van der Waals surface area contributed by atoms with Crippen LogP contribution in [-0.2, 0) is 23.3 Å². The van der Waals surface area contributed by atoms with Crippen molar-refractivity contribution >= 4 is 23.0 Å². The van der Waals surface area contributed by atoms with Gasteiger partial charge < -0.3 is 9.87 Å². The van der Waals surface area contributed by atoms with Crippen LogP contribution >= 0.6 is 0 Å². The molecule has 5 rings (SSSR count). The van der Waals surface area contributed by atoms with E-state index in [9.17, 15) is 9.35 Å². The average molecular weight is 601 g/mol. The third kappa shape index (κ3) is 7.03. The van der Waals surface area contributed by atoms with E-state index in [0.717, 1.165) is 35.2 Å². The third-order valence-electron chi connectivity index (χ3n) is 8.05. The zero-order chi connectivity index (χ0) is 30.8. The minimum absolute atomic E-state index is 0.0604. The largest absolute Gasteiger partial charge is 0.598 e. The standard InChI is InChI=1S/C35H41FN4O2S/c1-6-25-11-10-14-29(22-25)40-32(21-24(2)38-40)33(41)37-31-23-28(17-18-30(31)36)35(20-19-26-15-16-26,27-12-8-7-9-13-27)39-43(42)34(3,4)5/h7-14,17-18,21-23,26,39H,6,15-16,19-20H2,1-5H3,(H,37,41)/t35?,43-/m1/s1. The van der Waals surface area contributed by atoms with Crippen LogP contribution in [0.15, 0.2) is 78.9 Å². The summed E-state index contributed by atoms with van der Waals surface area (Å²) < 4.78 is 33.7. The van der Waals surface area contributed by atoms with Gasteiger partial charge in [-0.1, -0.05) is 68.3 Å². The molecule has 2 atom stereocenters. The molecule has 1 fully saturated rings. The molecule has 1 unspecified atom stereocenters. The van der Waals surface area contributed by atoms with Gasteiger partial charge in [-0.3, -0.25) is 4.79 Å². The van der Waals surface area contributed by atoms with Crippen molar-refractivity contribution in [2.75, 3.05) is 5.32 Å². The predicted octanol–water partition coefficient (Wildman–Crippen LogP) is 7.62. The van der Waals surface area contributed by atoms with Gasteiger partial charge in [0.05, 0.1) is 17.1 Å². The lowest BCUT2D eigenvalue weighted by atomic mass is 9.79. The number of carbonyl (C=O) groups is 1. The number of amides is 1. The second kappa shape index (κ2) is 12.6. The van der Waals surface area contributed by atoms with Crippen molar-refractivity contribution < 1.29 is 13.7 Å². The lowest BCUT2D eigenvalue weighted by molar-refractivity contribution is 0.101. The highest BCUT2D eigenvalue weighted by Gasteiger charge is 2.43. The number of benzene rings is 3. The Morgan fingerprint density at radius 3 is 2.44 bits per heavy atom. The average Bonchev–Trinajstić information content (AvgIpc) is 3.74. The predicted molar refractivity (Wildman–Crippen MR) is 172 cm³/mol. The molecule has 1 amide bonds. The number of nitrogens with zero attached hydrogens (tertiary/aromatic N) is 2. The Bertz CT molecular complexity index is 1580. The monoisotopic (exact) mass is 600 g/mol. The van der Waals surface area contributed by atoms with Crippen molar-refractivity contribution in [3.8, 4) is 5.69 Å². The summed E-state index contributed by atoms with van der Waals surface area (Å²) in [7, 11) is 0. The molecule has 0 aliphatic heterocycles. The molecular weight excluding hydrogens is 559 g/mol. The highest BCUT2D eigenvalue weighted by atomic mass is 32.2. The molecule has 8 heteroatoms. The van der Waals surface area contributed by atoms with Crippen molar-refractivity contribution in [1.82, 2.24) is 14.5 Å². The van der Waals surface area contributed by atoms with E-state index in [2.05, 4.69) is 22.1 Å². The van der Waals surface area contributed by atoms with Gasteiger partial charge in [0.25, 0.3) is 5.91 Å². The number of hydrogen-bond donors (Lipinski definition) is 2. The molecule has 0 saturated heterocycles. The number of carbonyl (C=O) groups excluding carboxylic acids is 1. The summed E-state index contributed by atoms with van der Waals surface area (Å²) in [4.78, 5) is 13.7. The van der Waals surface area contributed by atoms with Crippen molar-refractivity contribution in [2.45, 2.75) is 77.0 Å². The first-order valence-corrected chi connectivity index (χ1v) is 16.2. The second-order valence-corrected chi connectivity index (χ2v) is 14.5. The molecule has 1 aromatic heterocycles. The van der Waals surface area contributed by atoms with Crippen LogP contribution in [0.25, 0.3) is 5.69 Å². The number of halogens is 1. The molecule has 0 bridgehead atoms. The van der Waals surface area contributed by atoms with E-state index in [1.165, 1.54) is 18.9 Å². The van der Waals surface area contributed by atoms with Gasteiger partial charge in [0.1, 0.15) is 21.8 Å². The Balaban J connectivity index is 1.55. The van der Waals surface area contributed by atoms with E-state index in [1.54, 1.807) is 22.9 Å². The van der Waals surface area contributed by atoms with Crippen molar-refractivity contribution in [1.29, 1.82) is 0 Å². The summed E-state index contributed by atoms with van der Waals surface area (Å²) >= 11 is -1.42. The minimum atomic E-state index is -1.42. The molecule has 1 heterocycles. The maximum atomic E-state index is 15.4. The van der Waals surface area contributed by atoms with Crippen LogP contribution in [0.4, 0.5) is 10.1 Å². The lowest BCUT2D eigenvalue weighted by Crippen LogP contribution is -2.52. The van der Waals surface area contributed by atoms with Gasteiger partial charge in [-0.2, -0.15) is 5.10 Å². The fourth-order valence-corrected chi connectivity index (χ4v) is 6.28. The first-order valence-electron chi connectivity index (χ1n) is 15.0. The van der Waals surface area contributed by atoms with Crippen LogP contribution in [0.5, 0.6) is 0 Å². The van der Waals surface area contributed by atoms with E-state index in [4.69, 9.17) is 0 Å². The Labute approximate surface area is 257 Å². The summed E-state index contributed by atoms with van der Waals surface area (Å²) in [6.07, 6.45) is 4.85. The van der Waals surface area contributed by atoms with Gasteiger partial charge in [0, 0.05) is 11.4 Å². The highest BCUT2D eigenvalue weighted by Crippen LogP contribution is 2.43. The SMILES string of the molecule is CCc1cccc(-n2nc(C)cc2C(=O)Nc2cc(C(CCC3CC3)(N[S@+]([O-])C(C)(C)C)c3ccccc3)ccc2F)c1. The van der Waals surface area contributed by atoms with Crippen molar-refractivity contribution in [3.05, 3.63) is 113 Å². The maximum absolute atomic E-state index is 15.4. The van der Waals surface area contributed by atoms with Gasteiger partial charge in [-0.25, -0.2) is 9.07 Å². The molecule has 43 heavy (non-hydrogen) atoms. The van der Waals surface area contributed by atoms with Gasteiger partial charge in [0.2, 0.25) is 0 Å². The fourth-order valence-electron chi connectivity index (χ4n) is 5.32. The minimum Gasteiger partial charge on any atom is -0.598 e. The van der Waals surface area contributed by atoms with Crippen molar-refractivity contribution in [3.63, 3.8) is 0 Å². The van der Waals surface area contributed by atoms with E-state index in [1.807, 2.05) is 82.3 Å². The first-order chi connectivity index (χ1) is 20.5. The van der Waals surface area contributed by atoms with Gasteiger partial charge in [0.15, 0.2) is 0 Å². The second-order valence-electron chi connectivity index (χ2n) is 12.5. The van der Waals surface area contributed by atoms with E-state index in [-0.39, 0.29) is 5.69 Å². The molecule has 1 saturated carbocycles. The van der Waals surface area contributed by atoms with E-state index < -0.39 is 33.4 Å². The number of nitrogens with one attached hydrogen (secondary N) is 2. The smallest absolute Gasteiger partial charge is 0.274 e. The zero-order valence-electron chi connectivity index (χ0n) is 25.6. The van der Waals surface area contributed by atoms with Gasteiger partial charge >= 0.3 is 0 Å². The highest BCUT2D eigenvalue weighted by molar-refractivity contribution is 7.90. The fraction of sp³-hybridized carbons (Fsp3) is 0.371. The topological polar surface area (TPSA) is 82.0 Å². The summed E-state index contributed by atoms with van der Waals surface area (Å²) in [5.74, 6) is -0.385. The molecule has 2 N–H and O–H groups in total. The molecule has 0 radical (unpaired) electrons. The Kier molecular flexibility index (Phi) is 9.11. The molecule has 1 aliphatic rings. The third-order valence-corrected chi connectivity index (χ3v) is 9.70. The molecule has 4 aromatic rings. The van der Waals surface area contributed by atoms with Crippen LogP contribution in [0, 0.1) is 18.7 Å². The number of aromatic nitrogens is 2. The van der Waals surface area contributed by atoms with E-state index >= 15 is 4.39 Å². The number of anilines is 1. The van der Waals surface area contributed by atoms with Crippen molar-refractivity contribution in [2.24, 2.45) is 5.92 Å². The molecule has 0 spiro atoms. The number of aryl methyl sites for hydroxylation is 2. The number of hydrogen-bond acceptors (Lipinski definition) is 4. The van der Waals surface area contributed by atoms with Crippen LogP contribution < -0.4 is 10.0 Å². The Morgan fingerprint density at radius 2 is 1.77 bits per heavy atom. The zero-order valence-corrected chi connectivity index (χ0v) is 26.4. The first kappa shape index (κ1) is 31.0. The summed E-state index contributed by atoms with van der Waals surface area (Å²) in [6.45, 7) is 9.70. The molecule has 1 aliphatic carbocycles. The van der Waals surface area contributed by atoms with E-state index in [0.29, 0.717) is 23.7 Å². The number of rotatable bonds is 11. The quantitative estimate of drug-likeness (QED) is 0.174. The molecule has 3 aromatic carbocycles. The van der Waals surface area contributed by atoms with Gasteiger partial charge in [-0.05, 0) is 99.9 Å². The molecule has 6 nitrogen and oxygen atoms in total. The van der Waals surface area contributed by atoms with Crippen LogP contribution in [-0.4, -0.2) is 25.0 Å². The normalized spacial score (nSPS) is 15.6. The van der Waals surface area contributed by atoms with Gasteiger partial charge in [-0.15, -0.1) is 4.72 Å². The molecule has 226 valence electrons. The molecular formula is C35H41FN4O2S. The Morgan fingerprint density at radius 1 is 1.02 bits per heavy atom. The van der Waals surface area contributed by atoms with Crippen LogP contribution in [0.3, 0.4) is 0 Å². The summed E-state index contributed by atoms with van der Waals surface area (Å²) in [6, 6.07) is 24.3. The maximum Gasteiger partial charge on any atom is 0.274 e. The summed E-state index contributed by atoms with van der Waals surface area (Å²) in [5, 5.41) is 7.38.